The normalized spacial score (nSPS) is 22.2. The topological polar surface area (TPSA) is 55.4 Å². The maximum absolute atomic E-state index is 11.7. The van der Waals surface area contributed by atoms with Gasteiger partial charge in [-0.2, -0.15) is 0 Å². The van der Waals surface area contributed by atoms with E-state index in [9.17, 15) is 9.00 Å². The Bertz CT molecular complexity index is 463. The Morgan fingerprint density at radius 1 is 1.30 bits per heavy atom. The lowest BCUT2D eigenvalue weighted by atomic mass is 10.1. The fraction of sp³-hybridized carbons (Fsp3) is 0.533. The van der Waals surface area contributed by atoms with Gasteiger partial charge in [-0.15, -0.1) is 0 Å². The molecule has 1 N–H and O–H groups in total. The molecule has 0 unspecified atom stereocenters. The van der Waals surface area contributed by atoms with Crippen LogP contribution in [-0.2, 0) is 15.5 Å². The van der Waals surface area contributed by atoms with Gasteiger partial charge in [-0.3, -0.25) is 4.21 Å². The largest absolute Gasteiger partial charge is 0.462 e. The van der Waals surface area contributed by atoms with Crippen LogP contribution in [0, 0.1) is 0 Å². The van der Waals surface area contributed by atoms with Crippen molar-refractivity contribution in [3.8, 4) is 0 Å². The second kappa shape index (κ2) is 7.43. The Balaban J connectivity index is 1.88. The van der Waals surface area contributed by atoms with Crippen LogP contribution in [0.4, 0.5) is 5.69 Å². The predicted molar refractivity (Wildman–Crippen MR) is 81.5 cm³/mol. The predicted octanol–water partition coefficient (Wildman–Crippen LogP) is 2.58. The summed E-state index contributed by atoms with van der Waals surface area (Å²) in [7, 11) is -0.633. The summed E-state index contributed by atoms with van der Waals surface area (Å²) in [5.41, 5.74) is 1.57. The molecule has 0 saturated carbocycles. The molecule has 110 valence electrons. The molecule has 0 aromatic heterocycles. The smallest absolute Gasteiger partial charge is 0.338 e. The molecule has 0 atom stereocenters. The van der Waals surface area contributed by atoms with E-state index in [4.69, 9.17) is 4.74 Å². The molecule has 0 amide bonds. The standard InChI is InChI=1S/C15H21NO3S/c1-2-9-19-15(17)12-3-5-13(6-4-12)16-14-7-10-20(18)11-8-14/h3-6,14,16H,2,7-11H2,1H3. The number of hydrogen-bond donors (Lipinski definition) is 1. The quantitative estimate of drug-likeness (QED) is 0.848. The van der Waals surface area contributed by atoms with Crippen LogP contribution in [0.25, 0.3) is 0 Å². The molecular weight excluding hydrogens is 274 g/mol. The molecule has 0 aliphatic carbocycles. The first kappa shape index (κ1) is 15.0. The molecular formula is C15H21NO3S. The van der Waals surface area contributed by atoms with Gasteiger partial charge < -0.3 is 10.1 Å². The zero-order valence-corrected chi connectivity index (χ0v) is 12.6. The number of anilines is 1. The van der Waals surface area contributed by atoms with E-state index in [0.717, 1.165) is 36.5 Å². The van der Waals surface area contributed by atoms with Crippen LogP contribution >= 0.6 is 0 Å². The highest BCUT2D eigenvalue weighted by atomic mass is 32.2. The zero-order valence-electron chi connectivity index (χ0n) is 11.8. The lowest BCUT2D eigenvalue weighted by Gasteiger charge is -2.23. The first-order chi connectivity index (χ1) is 9.69. The van der Waals surface area contributed by atoms with Gasteiger partial charge in [-0.25, -0.2) is 4.79 Å². The van der Waals surface area contributed by atoms with Crippen molar-refractivity contribution >= 4 is 22.5 Å². The van der Waals surface area contributed by atoms with Gasteiger partial charge in [0.25, 0.3) is 0 Å². The Kier molecular flexibility index (Phi) is 5.59. The molecule has 1 aromatic carbocycles. The molecule has 2 rings (SSSR count). The molecule has 1 fully saturated rings. The fourth-order valence-electron chi connectivity index (χ4n) is 2.15. The molecule has 4 nitrogen and oxygen atoms in total. The molecule has 5 heteroatoms. The highest BCUT2D eigenvalue weighted by molar-refractivity contribution is 7.85. The third kappa shape index (κ3) is 4.34. The number of ether oxygens (including phenoxy) is 1. The Morgan fingerprint density at radius 3 is 2.55 bits per heavy atom. The fourth-order valence-corrected chi connectivity index (χ4v) is 3.45. The first-order valence-electron chi connectivity index (χ1n) is 7.07. The molecule has 1 heterocycles. The van der Waals surface area contributed by atoms with E-state index in [2.05, 4.69) is 5.32 Å². The SMILES string of the molecule is CCCOC(=O)c1ccc(NC2CCS(=O)CC2)cc1. The molecule has 1 saturated heterocycles. The van der Waals surface area contributed by atoms with E-state index in [0.29, 0.717) is 18.2 Å². The summed E-state index contributed by atoms with van der Waals surface area (Å²) in [5, 5.41) is 3.42. The summed E-state index contributed by atoms with van der Waals surface area (Å²) in [6.45, 7) is 2.43. The van der Waals surface area contributed by atoms with Gasteiger partial charge in [0.15, 0.2) is 0 Å². The van der Waals surface area contributed by atoms with Crippen LogP contribution < -0.4 is 5.32 Å². The second-order valence-electron chi connectivity index (χ2n) is 4.98. The molecule has 20 heavy (non-hydrogen) atoms. The lowest BCUT2D eigenvalue weighted by molar-refractivity contribution is 0.0505. The average Bonchev–Trinajstić information content (AvgIpc) is 2.48. The van der Waals surface area contributed by atoms with Crippen molar-refractivity contribution in [1.29, 1.82) is 0 Å². The van der Waals surface area contributed by atoms with Gasteiger partial charge in [0, 0.05) is 34.0 Å². The van der Waals surface area contributed by atoms with E-state index >= 15 is 0 Å². The van der Waals surface area contributed by atoms with Crippen molar-refractivity contribution in [1.82, 2.24) is 0 Å². The lowest BCUT2D eigenvalue weighted by Crippen LogP contribution is -2.29. The maximum Gasteiger partial charge on any atom is 0.338 e. The van der Waals surface area contributed by atoms with Gasteiger partial charge in [0.05, 0.1) is 12.2 Å². The van der Waals surface area contributed by atoms with Gasteiger partial charge in [0.1, 0.15) is 0 Å². The monoisotopic (exact) mass is 295 g/mol. The van der Waals surface area contributed by atoms with E-state index < -0.39 is 10.8 Å². The number of benzene rings is 1. The molecule has 0 bridgehead atoms. The van der Waals surface area contributed by atoms with E-state index in [1.807, 2.05) is 19.1 Å². The van der Waals surface area contributed by atoms with Gasteiger partial charge in [0.2, 0.25) is 0 Å². The van der Waals surface area contributed by atoms with E-state index in [-0.39, 0.29) is 5.97 Å². The number of carbonyl (C=O) groups is 1. The van der Waals surface area contributed by atoms with Crippen molar-refractivity contribution in [3.63, 3.8) is 0 Å². The Labute approximate surface area is 122 Å². The summed E-state index contributed by atoms with van der Waals surface area (Å²) in [4.78, 5) is 11.7. The summed E-state index contributed by atoms with van der Waals surface area (Å²) >= 11 is 0. The van der Waals surface area contributed by atoms with E-state index in [1.54, 1.807) is 12.1 Å². The highest BCUT2D eigenvalue weighted by Gasteiger charge is 2.17. The minimum Gasteiger partial charge on any atom is -0.462 e. The van der Waals surface area contributed by atoms with Crippen LogP contribution in [0.15, 0.2) is 24.3 Å². The summed E-state index contributed by atoms with van der Waals surface area (Å²) in [5.74, 6) is 1.28. The van der Waals surface area contributed by atoms with Crippen LogP contribution in [0.1, 0.15) is 36.5 Å². The number of rotatable bonds is 5. The number of carbonyl (C=O) groups excluding carboxylic acids is 1. The second-order valence-corrected chi connectivity index (χ2v) is 6.68. The molecule has 1 aromatic rings. The number of hydrogen-bond acceptors (Lipinski definition) is 4. The van der Waals surface area contributed by atoms with Crippen molar-refractivity contribution in [2.24, 2.45) is 0 Å². The minimum atomic E-state index is -0.633. The van der Waals surface area contributed by atoms with Crippen molar-refractivity contribution in [3.05, 3.63) is 29.8 Å². The Hall–Kier alpha value is -1.36. The molecule has 0 radical (unpaired) electrons. The summed E-state index contributed by atoms with van der Waals surface area (Å²) < 4.78 is 16.4. The number of nitrogens with one attached hydrogen (secondary N) is 1. The van der Waals surface area contributed by atoms with Crippen molar-refractivity contribution in [2.75, 3.05) is 23.4 Å². The van der Waals surface area contributed by atoms with Crippen LogP contribution in [0.5, 0.6) is 0 Å². The highest BCUT2D eigenvalue weighted by Crippen LogP contribution is 2.17. The van der Waals surface area contributed by atoms with Gasteiger partial charge >= 0.3 is 5.97 Å². The van der Waals surface area contributed by atoms with Crippen LogP contribution in [0.3, 0.4) is 0 Å². The number of esters is 1. The van der Waals surface area contributed by atoms with Crippen LogP contribution in [-0.4, -0.2) is 34.3 Å². The summed E-state index contributed by atoms with van der Waals surface area (Å²) in [6, 6.07) is 7.73. The first-order valence-corrected chi connectivity index (χ1v) is 8.56. The van der Waals surface area contributed by atoms with E-state index in [1.165, 1.54) is 0 Å². The molecule has 0 spiro atoms. The van der Waals surface area contributed by atoms with Gasteiger partial charge in [-0.05, 0) is 43.5 Å². The zero-order chi connectivity index (χ0) is 14.4. The summed E-state index contributed by atoms with van der Waals surface area (Å²) in [6.07, 6.45) is 2.70. The van der Waals surface area contributed by atoms with Crippen molar-refractivity contribution < 1.29 is 13.7 Å². The Morgan fingerprint density at radius 2 is 1.95 bits per heavy atom. The minimum absolute atomic E-state index is 0.272. The third-order valence-corrected chi connectivity index (χ3v) is 4.70. The molecule has 1 aliphatic rings. The van der Waals surface area contributed by atoms with Crippen LogP contribution in [0.2, 0.25) is 0 Å². The molecule has 1 aliphatic heterocycles. The third-order valence-electron chi connectivity index (χ3n) is 3.32. The maximum atomic E-state index is 11.7. The van der Waals surface area contributed by atoms with Gasteiger partial charge in [-0.1, -0.05) is 6.92 Å². The van der Waals surface area contributed by atoms with Crippen molar-refractivity contribution in [2.45, 2.75) is 32.2 Å². The average molecular weight is 295 g/mol.